The number of aliphatic hydroxyl groups excluding tert-OH is 1. The van der Waals surface area contributed by atoms with Gasteiger partial charge >= 0.3 is 0 Å². The molecule has 4 heteroatoms. The highest BCUT2D eigenvalue weighted by Crippen LogP contribution is 2.18. The average molecular weight is 203 g/mol. The van der Waals surface area contributed by atoms with Crippen molar-refractivity contribution in [3.8, 4) is 5.82 Å². The molecule has 0 aliphatic heterocycles. The summed E-state index contributed by atoms with van der Waals surface area (Å²) in [6.07, 6.45) is 4.80. The molecule has 2 aromatic rings. The van der Waals surface area contributed by atoms with E-state index in [1.54, 1.807) is 24.0 Å². The second kappa shape index (κ2) is 3.82. The summed E-state index contributed by atoms with van der Waals surface area (Å²) >= 11 is 0. The van der Waals surface area contributed by atoms with Crippen LogP contribution in [0.5, 0.6) is 0 Å². The second-order valence-electron chi connectivity index (χ2n) is 3.55. The van der Waals surface area contributed by atoms with Crippen molar-refractivity contribution in [2.24, 2.45) is 0 Å². The standard InChI is InChI=1S/C11H13N3O/c1-8-6-13-14(7-8)11-10(9(2)15)4-3-5-12-11/h3-7,9,15H,1-2H3/t9-/m0/s1. The van der Waals surface area contributed by atoms with Gasteiger partial charge in [0.2, 0.25) is 0 Å². The summed E-state index contributed by atoms with van der Waals surface area (Å²) in [6, 6.07) is 3.66. The summed E-state index contributed by atoms with van der Waals surface area (Å²) in [7, 11) is 0. The van der Waals surface area contributed by atoms with Gasteiger partial charge in [0.25, 0.3) is 0 Å². The molecule has 2 heterocycles. The molecule has 15 heavy (non-hydrogen) atoms. The van der Waals surface area contributed by atoms with Crippen molar-refractivity contribution in [3.63, 3.8) is 0 Å². The van der Waals surface area contributed by atoms with Crippen LogP contribution in [0.25, 0.3) is 5.82 Å². The number of hydrogen-bond donors (Lipinski definition) is 1. The van der Waals surface area contributed by atoms with Gasteiger partial charge in [-0.05, 0) is 25.5 Å². The van der Waals surface area contributed by atoms with Crippen molar-refractivity contribution in [3.05, 3.63) is 41.9 Å². The molecular weight excluding hydrogens is 190 g/mol. The molecule has 0 aliphatic rings. The molecule has 1 N–H and O–H groups in total. The van der Waals surface area contributed by atoms with Crippen LogP contribution in [0.15, 0.2) is 30.7 Å². The summed E-state index contributed by atoms with van der Waals surface area (Å²) in [5.41, 5.74) is 1.85. The fourth-order valence-corrected chi connectivity index (χ4v) is 1.46. The lowest BCUT2D eigenvalue weighted by atomic mass is 10.1. The smallest absolute Gasteiger partial charge is 0.159 e. The Labute approximate surface area is 88.2 Å². The van der Waals surface area contributed by atoms with E-state index < -0.39 is 6.10 Å². The predicted molar refractivity (Wildman–Crippen MR) is 56.7 cm³/mol. The second-order valence-corrected chi connectivity index (χ2v) is 3.55. The number of aromatic nitrogens is 3. The summed E-state index contributed by atoms with van der Waals surface area (Å²) in [4.78, 5) is 4.22. The molecule has 0 radical (unpaired) electrons. The molecule has 0 fully saturated rings. The maximum Gasteiger partial charge on any atom is 0.159 e. The highest BCUT2D eigenvalue weighted by Gasteiger charge is 2.10. The molecule has 0 unspecified atom stereocenters. The summed E-state index contributed by atoms with van der Waals surface area (Å²) in [5, 5.41) is 13.8. The minimum absolute atomic E-state index is 0.543. The van der Waals surface area contributed by atoms with Gasteiger partial charge < -0.3 is 5.11 Å². The van der Waals surface area contributed by atoms with Crippen molar-refractivity contribution >= 4 is 0 Å². The van der Waals surface area contributed by atoms with Gasteiger partial charge in [0.1, 0.15) is 0 Å². The molecule has 4 nitrogen and oxygen atoms in total. The van der Waals surface area contributed by atoms with E-state index in [2.05, 4.69) is 10.1 Å². The molecule has 0 saturated heterocycles. The monoisotopic (exact) mass is 203 g/mol. The summed E-state index contributed by atoms with van der Waals surface area (Å²) < 4.78 is 1.68. The average Bonchev–Trinajstić information content (AvgIpc) is 2.65. The Morgan fingerprint density at radius 2 is 2.27 bits per heavy atom. The van der Waals surface area contributed by atoms with Gasteiger partial charge in [-0.25, -0.2) is 9.67 Å². The zero-order valence-corrected chi connectivity index (χ0v) is 8.75. The van der Waals surface area contributed by atoms with E-state index >= 15 is 0 Å². The lowest BCUT2D eigenvalue weighted by molar-refractivity contribution is 0.198. The molecule has 2 rings (SSSR count). The fraction of sp³-hybridized carbons (Fsp3) is 0.273. The first-order chi connectivity index (χ1) is 7.18. The molecule has 78 valence electrons. The highest BCUT2D eigenvalue weighted by atomic mass is 16.3. The van der Waals surface area contributed by atoms with Gasteiger partial charge in [-0.1, -0.05) is 6.07 Å². The lowest BCUT2D eigenvalue weighted by Crippen LogP contribution is -2.05. The van der Waals surface area contributed by atoms with Crippen LogP contribution in [-0.4, -0.2) is 19.9 Å². The van der Waals surface area contributed by atoms with Crippen LogP contribution in [0.4, 0.5) is 0 Å². The fourth-order valence-electron chi connectivity index (χ4n) is 1.46. The van der Waals surface area contributed by atoms with Gasteiger partial charge in [-0.15, -0.1) is 0 Å². The third-order valence-electron chi connectivity index (χ3n) is 2.20. The van der Waals surface area contributed by atoms with Crippen LogP contribution in [0.3, 0.4) is 0 Å². The quantitative estimate of drug-likeness (QED) is 0.807. The van der Waals surface area contributed by atoms with Crippen molar-refractivity contribution in [1.29, 1.82) is 0 Å². The third-order valence-corrected chi connectivity index (χ3v) is 2.20. The highest BCUT2D eigenvalue weighted by molar-refractivity contribution is 5.34. The minimum atomic E-state index is -0.543. The normalized spacial score (nSPS) is 12.7. The number of nitrogens with zero attached hydrogens (tertiary/aromatic N) is 3. The van der Waals surface area contributed by atoms with E-state index in [0.717, 1.165) is 11.1 Å². The number of aryl methyl sites for hydroxylation is 1. The number of rotatable bonds is 2. The molecule has 0 aromatic carbocycles. The predicted octanol–water partition coefficient (Wildman–Crippen LogP) is 1.63. The van der Waals surface area contributed by atoms with Gasteiger partial charge in [0.05, 0.1) is 12.3 Å². The number of aliphatic hydroxyl groups is 1. The van der Waals surface area contributed by atoms with E-state index in [1.165, 1.54) is 0 Å². The molecular formula is C11H13N3O. The van der Waals surface area contributed by atoms with Crippen LogP contribution in [-0.2, 0) is 0 Å². The van der Waals surface area contributed by atoms with Gasteiger partial charge in [-0.2, -0.15) is 5.10 Å². The Hall–Kier alpha value is -1.68. The zero-order chi connectivity index (χ0) is 10.8. The largest absolute Gasteiger partial charge is 0.389 e. The zero-order valence-electron chi connectivity index (χ0n) is 8.75. The molecule has 0 aliphatic carbocycles. The maximum atomic E-state index is 9.59. The van der Waals surface area contributed by atoms with Crippen LogP contribution < -0.4 is 0 Å². The van der Waals surface area contributed by atoms with Crippen LogP contribution in [0.2, 0.25) is 0 Å². The van der Waals surface area contributed by atoms with E-state index in [0.29, 0.717) is 5.82 Å². The molecule has 0 saturated carbocycles. The minimum Gasteiger partial charge on any atom is -0.389 e. The number of pyridine rings is 1. The van der Waals surface area contributed by atoms with Gasteiger partial charge in [0, 0.05) is 18.0 Å². The summed E-state index contributed by atoms with van der Waals surface area (Å²) in [5.74, 6) is 0.681. The van der Waals surface area contributed by atoms with Crippen molar-refractivity contribution in [2.75, 3.05) is 0 Å². The first-order valence-electron chi connectivity index (χ1n) is 4.83. The van der Waals surface area contributed by atoms with Crippen molar-refractivity contribution < 1.29 is 5.11 Å². The van der Waals surface area contributed by atoms with E-state index in [9.17, 15) is 5.11 Å². The van der Waals surface area contributed by atoms with Crippen molar-refractivity contribution in [2.45, 2.75) is 20.0 Å². The van der Waals surface area contributed by atoms with E-state index in [1.807, 2.05) is 25.3 Å². The Morgan fingerprint density at radius 3 is 2.87 bits per heavy atom. The topological polar surface area (TPSA) is 50.9 Å². The van der Waals surface area contributed by atoms with Gasteiger partial charge in [0.15, 0.2) is 5.82 Å². The molecule has 0 amide bonds. The SMILES string of the molecule is Cc1cnn(-c2ncccc2[C@H](C)O)c1. The Bertz CT molecular complexity index is 462. The lowest BCUT2D eigenvalue weighted by Gasteiger charge is -2.09. The van der Waals surface area contributed by atoms with Gasteiger partial charge in [-0.3, -0.25) is 0 Å². The third kappa shape index (κ3) is 1.89. The molecule has 0 bridgehead atoms. The van der Waals surface area contributed by atoms with Crippen LogP contribution in [0.1, 0.15) is 24.2 Å². The molecule has 0 spiro atoms. The Morgan fingerprint density at radius 1 is 1.47 bits per heavy atom. The molecule has 2 aromatic heterocycles. The van der Waals surface area contributed by atoms with E-state index in [-0.39, 0.29) is 0 Å². The van der Waals surface area contributed by atoms with Crippen LogP contribution >= 0.6 is 0 Å². The number of hydrogen-bond acceptors (Lipinski definition) is 3. The molecule has 1 atom stereocenters. The Kier molecular flexibility index (Phi) is 2.51. The van der Waals surface area contributed by atoms with Crippen LogP contribution in [0, 0.1) is 6.92 Å². The first kappa shape index (κ1) is 9.86. The summed E-state index contributed by atoms with van der Waals surface area (Å²) in [6.45, 7) is 3.69. The Balaban J connectivity index is 2.52. The van der Waals surface area contributed by atoms with Crippen molar-refractivity contribution in [1.82, 2.24) is 14.8 Å². The first-order valence-corrected chi connectivity index (χ1v) is 4.83. The van der Waals surface area contributed by atoms with E-state index in [4.69, 9.17) is 0 Å². The maximum absolute atomic E-state index is 9.59.